The first-order valence-corrected chi connectivity index (χ1v) is 8.84. The number of carboxylic acid groups (broad SMARTS) is 1. The van der Waals surface area contributed by atoms with Gasteiger partial charge in [0.2, 0.25) is 5.91 Å². The number of carbonyl (C=O) groups excluding carboxylic acids is 2. The summed E-state index contributed by atoms with van der Waals surface area (Å²) >= 11 is 5.79. The summed E-state index contributed by atoms with van der Waals surface area (Å²) in [6.07, 6.45) is -0.195. The van der Waals surface area contributed by atoms with Crippen molar-refractivity contribution in [1.82, 2.24) is 0 Å². The van der Waals surface area contributed by atoms with E-state index in [0.29, 0.717) is 29.5 Å². The molecule has 4 N–H and O–H groups in total. The largest absolute Gasteiger partial charge is 0.544 e. The number of halogens is 1. The zero-order chi connectivity index (χ0) is 19.6. The van der Waals surface area contributed by atoms with Crippen molar-refractivity contribution < 1.29 is 24.7 Å². The number of rotatable bonds is 10. The lowest BCUT2D eigenvalue weighted by Crippen LogP contribution is -2.94. The number of methoxy groups -OCH3 is 1. The topological polar surface area (TPSA) is 107 Å². The van der Waals surface area contributed by atoms with Crippen molar-refractivity contribution >= 4 is 34.9 Å². The van der Waals surface area contributed by atoms with Crippen LogP contribution in [0.4, 0.5) is 11.4 Å². The monoisotopic (exact) mass is 391 g/mol. The van der Waals surface area contributed by atoms with Crippen LogP contribution >= 0.6 is 11.6 Å². The number of carboxylic acids is 1. The Morgan fingerprint density at radius 2 is 1.89 bits per heavy atom. The minimum atomic E-state index is -1.28. The Labute approximate surface area is 162 Å². The number of benzene rings is 2. The third-order valence-electron chi connectivity index (χ3n) is 3.85. The number of nitrogens with two attached hydrogens (primary N) is 1. The Hall–Kier alpha value is -2.77. The van der Waals surface area contributed by atoms with Crippen LogP contribution < -0.4 is 25.8 Å². The van der Waals surface area contributed by atoms with Gasteiger partial charge in [0.25, 0.3) is 0 Å². The van der Waals surface area contributed by atoms with Crippen LogP contribution in [0.1, 0.15) is 6.42 Å². The van der Waals surface area contributed by atoms with Gasteiger partial charge < -0.3 is 30.6 Å². The Balaban J connectivity index is 1.80. The predicted molar refractivity (Wildman–Crippen MR) is 102 cm³/mol. The minimum absolute atomic E-state index is 0.195. The molecule has 0 aliphatic heterocycles. The zero-order valence-corrected chi connectivity index (χ0v) is 15.7. The van der Waals surface area contributed by atoms with Gasteiger partial charge in [0.1, 0.15) is 11.8 Å². The molecular formula is C19H22ClN3O4. The molecule has 8 heteroatoms. The Bertz CT molecular complexity index is 768. The fourth-order valence-electron chi connectivity index (χ4n) is 2.49. The number of aliphatic carboxylic acids is 1. The average Bonchev–Trinajstić information content (AvgIpc) is 2.66. The van der Waals surface area contributed by atoms with Crippen molar-refractivity contribution in [1.29, 1.82) is 0 Å². The number of para-hydroxylation sites is 2. The van der Waals surface area contributed by atoms with Crippen molar-refractivity contribution in [2.24, 2.45) is 0 Å². The van der Waals surface area contributed by atoms with E-state index in [1.54, 1.807) is 36.7 Å². The summed E-state index contributed by atoms with van der Waals surface area (Å²) in [5.41, 5.74) is 1.37. The van der Waals surface area contributed by atoms with E-state index in [0.717, 1.165) is 5.69 Å². The van der Waals surface area contributed by atoms with Crippen LogP contribution in [0.15, 0.2) is 48.5 Å². The molecule has 144 valence electrons. The van der Waals surface area contributed by atoms with E-state index in [4.69, 9.17) is 16.3 Å². The van der Waals surface area contributed by atoms with Crippen LogP contribution in [0.2, 0.25) is 5.02 Å². The smallest absolute Gasteiger partial charge is 0.230 e. The highest BCUT2D eigenvalue weighted by molar-refractivity contribution is 6.30. The second-order valence-electron chi connectivity index (χ2n) is 5.84. The van der Waals surface area contributed by atoms with Crippen molar-refractivity contribution in [2.75, 3.05) is 30.8 Å². The quantitative estimate of drug-likeness (QED) is 0.510. The van der Waals surface area contributed by atoms with E-state index in [2.05, 4.69) is 10.6 Å². The lowest BCUT2D eigenvalue weighted by molar-refractivity contribution is -0.680. The van der Waals surface area contributed by atoms with Gasteiger partial charge in [-0.25, -0.2) is 0 Å². The van der Waals surface area contributed by atoms with E-state index in [9.17, 15) is 14.7 Å². The maximum atomic E-state index is 12.1. The number of hydrogen-bond acceptors (Lipinski definition) is 5. The number of nitrogens with one attached hydrogen (secondary N) is 2. The number of ether oxygens (including phenoxy) is 1. The van der Waals surface area contributed by atoms with Gasteiger partial charge in [0, 0.05) is 10.7 Å². The molecule has 2 rings (SSSR count). The van der Waals surface area contributed by atoms with Gasteiger partial charge in [0.15, 0.2) is 0 Å². The molecule has 2 aromatic carbocycles. The van der Waals surface area contributed by atoms with Crippen LogP contribution in [0.25, 0.3) is 0 Å². The van der Waals surface area contributed by atoms with E-state index in [1.165, 1.54) is 0 Å². The van der Waals surface area contributed by atoms with Crippen LogP contribution in [0.3, 0.4) is 0 Å². The van der Waals surface area contributed by atoms with E-state index >= 15 is 0 Å². The SMILES string of the molecule is COc1ccccc1NCC[NH2+][C@H](CC(=O)Nc1ccc(Cl)cc1)C(=O)[O-]. The number of anilines is 2. The molecule has 0 fully saturated rings. The second-order valence-corrected chi connectivity index (χ2v) is 6.27. The summed E-state index contributed by atoms with van der Waals surface area (Å²) in [6, 6.07) is 13.0. The van der Waals surface area contributed by atoms with Crippen molar-refractivity contribution in [3.05, 3.63) is 53.6 Å². The molecule has 0 saturated heterocycles. The molecule has 0 aliphatic rings. The van der Waals surface area contributed by atoms with Gasteiger partial charge in [-0.3, -0.25) is 4.79 Å². The number of quaternary nitrogens is 1. The standard InChI is InChI=1S/C19H22ClN3O4/c1-27-17-5-3-2-4-15(17)21-10-11-22-16(19(25)26)12-18(24)23-14-8-6-13(20)7-9-14/h2-9,16,21-22H,10-12H2,1H3,(H,23,24)(H,25,26)/t16-/m1/s1. The normalized spacial score (nSPS) is 11.5. The fourth-order valence-corrected chi connectivity index (χ4v) is 2.62. The van der Waals surface area contributed by atoms with Gasteiger partial charge >= 0.3 is 0 Å². The summed E-state index contributed by atoms with van der Waals surface area (Å²) in [5, 5.41) is 19.3. The van der Waals surface area contributed by atoms with Gasteiger partial charge in [-0.2, -0.15) is 0 Å². The number of carbonyl (C=O) groups is 2. The molecule has 0 aromatic heterocycles. The van der Waals surface area contributed by atoms with Crippen LogP contribution in [-0.4, -0.2) is 38.1 Å². The Kier molecular flexibility index (Phi) is 7.91. The maximum absolute atomic E-state index is 12.1. The molecule has 0 spiro atoms. The third-order valence-corrected chi connectivity index (χ3v) is 4.11. The number of hydrogen-bond donors (Lipinski definition) is 3. The van der Waals surface area contributed by atoms with Crippen molar-refractivity contribution in [3.63, 3.8) is 0 Å². The highest BCUT2D eigenvalue weighted by Crippen LogP contribution is 2.22. The molecule has 0 unspecified atom stereocenters. The molecule has 2 aromatic rings. The Morgan fingerprint density at radius 3 is 2.56 bits per heavy atom. The zero-order valence-electron chi connectivity index (χ0n) is 14.9. The van der Waals surface area contributed by atoms with Crippen molar-refractivity contribution in [2.45, 2.75) is 12.5 Å². The summed E-state index contributed by atoms with van der Waals surface area (Å²) in [5.74, 6) is -0.977. The molecule has 0 heterocycles. The van der Waals surface area contributed by atoms with Crippen LogP contribution in [0, 0.1) is 0 Å². The van der Waals surface area contributed by atoms with E-state index in [-0.39, 0.29) is 6.42 Å². The molecular weight excluding hydrogens is 370 g/mol. The first kappa shape index (κ1) is 20.5. The van der Waals surface area contributed by atoms with Crippen LogP contribution in [0.5, 0.6) is 5.75 Å². The first-order chi connectivity index (χ1) is 13.0. The van der Waals surface area contributed by atoms with Gasteiger partial charge in [-0.15, -0.1) is 0 Å². The fraction of sp³-hybridized carbons (Fsp3) is 0.263. The highest BCUT2D eigenvalue weighted by atomic mass is 35.5. The second kappa shape index (κ2) is 10.4. The van der Waals surface area contributed by atoms with E-state index in [1.807, 2.05) is 24.3 Å². The summed E-state index contributed by atoms with van der Waals surface area (Å²) in [6.45, 7) is 0.952. The average molecular weight is 392 g/mol. The Morgan fingerprint density at radius 1 is 1.19 bits per heavy atom. The predicted octanol–water partition coefficient (Wildman–Crippen LogP) is 0.471. The molecule has 0 bridgehead atoms. The van der Waals surface area contributed by atoms with Gasteiger partial charge in [0.05, 0.1) is 38.3 Å². The summed E-state index contributed by atoms with van der Waals surface area (Å²) in [4.78, 5) is 23.4. The third kappa shape index (κ3) is 6.80. The highest BCUT2D eigenvalue weighted by Gasteiger charge is 2.18. The molecule has 1 amide bonds. The number of amides is 1. The minimum Gasteiger partial charge on any atom is -0.544 e. The van der Waals surface area contributed by atoms with E-state index < -0.39 is 17.9 Å². The van der Waals surface area contributed by atoms with Crippen LogP contribution in [-0.2, 0) is 9.59 Å². The molecule has 7 nitrogen and oxygen atoms in total. The molecule has 0 radical (unpaired) electrons. The maximum Gasteiger partial charge on any atom is 0.230 e. The molecule has 0 saturated carbocycles. The van der Waals surface area contributed by atoms with Gasteiger partial charge in [-0.1, -0.05) is 23.7 Å². The first-order valence-electron chi connectivity index (χ1n) is 8.46. The van der Waals surface area contributed by atoms with Gasteiger partial charge in [-0.05, 0) is 36.4 Å². The molecule has 0 aliphatic carbocycles. The van der Waals surface area contributed by atoms with Crippen molar-refractivity contribution in [3.8, 4) is 5.75 Å². The molecule has 1 atom stereocenters. The lowest BCUT2D eigenvalue weighted by atomic mass is 10.2. The summed E-state index contributed by atoms with van der Waals surface area (Å²) in [7, 11) is 1.58. The summed E-state index contributed by atoms with van der Waals surface area (Å²) < 4.78 is 5.24. The molecule has 27 heavy (non-hydrogen) atoms. The lowest BCUT2D eigenvalue weighted by Gasteiger charge is -2.17.